The molecule has 0 aromatic carbocycles. The van der Waals surface area contributed by atoms with Crippen LogP contribution in [0, 0.1) is 11.3 Å². The Morgan fingerprint density at radius 2 is 2.04 bits per heavy atom. The molecule has 0 atom stereocenters. The van der Waals surface area contributed by atoms with Crippen LogP contribution >= 0.6 is 0 Å². The van der Waals surface area contributed by atoms with Gasteiger partial charge >= 0.3 is 6.18 Å². The van der Waals surface area contributed by atoms with Gasteiger partial charge in [-0.2, -0.15) is 18.4 Å². The molecule has 140 valence electrons. The Kier molecular flexibility index (Phi) is 4.65. The minimum Gasteiger partial charge on any atom is -0.306 e. The number of hydrogen-bond donors (Lipinski definition) is 0. The monoisotopic (exact) mass is 394 g/mol. The van der Waals surface area contributed by atoms with Crippen molar-refractivity contribution in [2.75, 3.05) is 5.75 Å². The maximum Gasteiger partial charge on any atom is 0.417 e. The van der Waals surface area contributed by atoms with Gasteiger partial charge in [0.1, 0.15) is 17.0 Å². The van der Waals surface area contributed by atoms with Gasteiger partial charge in [-0.1, -0.05) is 6.92 Å². The van der Waals surface area contributed by atoms with Crippen LogP contribution in [0.15, 0.2) is 41.7 Å². The molecular formula is C17H13F3N4O2S. The van der Waals surface area contributed by atoms with Crippen LogP contribution in [-0.4, -0.2) is 28.5 Å². The number of fused-ring (bicyclic) bond motifs is 1. The van der Waals surface area contributed by atoms with Crippen LogP contribution in [0.5, 0.6) is 0 Å². The van der Waals surface area contributed by atoms with Crippen LogP contribution in [-0.2, 0) is 22.4 Å². The Morgan fingerprint density at radius 1 is 1.30 bits per heavy atom. The molecule has 0 radical (unpaired) electrons. The van der Waals surface area contributed by atoms with Gasteiger partial charge in [-0.25, -0.2) is 13.4 Å². The predicted molar refractivity (Wildman–Crippen MR) is 90.5 cm³/mol. The molecule has 27 heavy (non-hydrogen) atoms. The normalized spacial score (nSPS) is 12.3. The lowest BCUT2D eigenvalue weighted by molar-refractivity contribution is -0.138. The molecule has 0 fully saturated rings. The summed E-state index contributed by atoms with van der Waals surface area (Å²) in [5.41, 5.74) is -0.0122. The third-order valence-electron chi connectivity index (χ3n) is 3.95. The minimum atomic E-state index is -4.71. The summed E-state index contributed by atoms with van der Waals surface area (Å²) in [6.07, 6.45) is -0.831. The first kappa shape index (κ1) is 18.8. The van der Waals surface area contributed by atoms with Crippen LogP contribution in [0.1, 0.15) is 18.1 Å². The van der Waals surface area contributed by atoms with Gasteiger partial charge in [-0.15, -0.1) is 0 Å². The maximum atomic E-state index is 13.0. The molecule has 0 aliphatic carbocycles. The average molecular weight is 394 g/mol. The highest BCUT2D eigenvalue weighted by Gasteiger charge is 2.34. The molecule has 0 saturated heterocycles. The molecule has 0 amide bonds. The molecule has 3 rings (SSSR count). The molecule has 0 aliphatic heterocycles. The number of nitriles is 1. The SMILES string of the molecule is CCS(=O)(=O)c1cc(C(F)(F)F)cnc1-c1cn2ccc(CC#N)cc2n1. The van der Waals surface area contributed by atoms with E-state index in [1.165, 1.54) is 13.1 Å². The zero-order valence-electron chi connectivity index (χ0n) is 14.0. The smallest absolute Gasteiger partial charge is 0.306 e. The third kappa shape index (κ3) is 3.64. The first-order chi connectivity index (χ1) is 12.7. The summed E-state index contributed by atoms with van der Waals surface area (Å²) in [6.45, 7) is 1.34. The fourth-order valence-corrected chi connectivity index (χ4v) is 3.59. The van der Waals surface area contributed by atoms with Gasteiger partial charge < -0.3 is 4.40 Å². The summed E-state index contributed by atoms with van der Waals surface area (Å²) < 4.78 is 65.3. The second-order valence-electron chi connectivity index (χ2n) is 5.73. The van der Waals surface area contributed by atoms with E-state index < -0.39 is 26.5 Å². The lowest BCUT2D eigenvalue weighted by Crippen LogP contribution is -2.12. The average Bonchev–Trinajstić information content (AvgIpc) is 3.04. The van der Waals surface area contributed by atoms with E-state index in [9.17, 15) is 21.6 Å². The number of imidazole rings is 1. The summed E-state index contributed by atoms with van der Waals surface area (Å²) in [5, 5.41) is 8.77. The van der Waals surface area contributed by atoms with Crippen molar-refractivity contribution >= 4 is 15.5 Å². The first-order valence-electron chi connectivity index (χ1n) is 7.80. The minimum absolute atomic E-state index is 0.129. The Labute approximate surface area is 152 Å². The van der Waals surface area contributed by atoms with Gasteiger partial charge in [-0.05, 0) is 23.8 Å². The fourth-order valence-electron chi connectivity index (χ4n) is 2.52. The van der Waals surface area contributed by atoms with E-state index in [2.05, 4.69) is 9.97 Å². The number of hydrogen-bond acceptors (Lipinski definition) is 5. The molecule has 3 heterocycles. The number of rotatable bonds is 4. The molecule has 3 aromatic heterocycles. The van der Waals surface area contributed by atoms with Gasteiger partial charge in [0.25, 0.3) is 0 Å². The van der Waals surface area contributed by atoms with E-state index in [1.807, 2.05) is 6.07 Å². The van der Waals surface area contributed by atoms with Crippen LogP contribution < -0.4 is 0 Å². The second-order valence-corrected chi connectivity index (χ2v) is 7.98. The quantitative estimate of drug-likeness (QED) is 0.678. The zero-order valence-corrected chi connectivity index (χ0v) is 14.8. The molecule has 0 spiro atoms. The molecule has 6 nitrogen and oxygen atoms in total. The molecule has 0 N–H and O–H groups in total. The van der Waals surface area contributed by atoms with Gasteiger partial charge in [0.15, 0.2) is 9.84 Å². The largest absolute Gasteiger partial charge is 0.417 e. The highest BCUT2D eigenvalue weighted by molar-refractivity contribution is 7.91. The summed E-state index contributed by atoms with van der Waals surface area (Å²) in [4.78, 5) is 7.51. The van der Waals surface area contributed by atoms with Crippen molar-refractivity contribution in [1.82, 2.24) is 14.4 Å². The van der Waals surface area contributed by atoms with E-state index in [1.54, 1.807) is 22.7 Å². The van der Waals surface area contributed by atoms with Gasteiger partial charge in [0, 0.05) is 18.6 Å². The van der Waals surface area contributed by atoms with Crippen molar-refractivity contribution < 1.29 is 21.6 Å². The van der Waals surface area contributed by atoms with Crippen molar-refractivity contribution in [3.63, 3.8) is 0 Å². The molecule has 0 unspecified atom stereocenters. The summed E-state index contributed by atoms with van der Waals surface area (Å²) in [5.74, 6) is -0.372. The maximum absolute atomic E-state index is 13.0. The Hall–Kier alpha value is -2.93. The Balaban J connectivity index is 2.21. The van der Waals surface area contributed by atoms with Crippen LogP contribution in [0.4, 0.5) is 13.2 Å². The Morgan fingerprint density at radius 3 is 2.67 bits per heavy atom. The molecule has 3 aromatic rings. The Bertz CT molecular complexity index is 1160. The van der Waals surface area contributed by atoms with Crippen molar-refractivity contribution in [3.05, 3.63) is 47.9 Å². The predicted octanol–water partition coefficient (Wildman–Crippen LogP) is 3.27. The van der Waals surface area contributed by atoms with Crippen LogP contribution in [0.3, 0.4) is 0 Å². The van der Waals surface area contributed by atoms with E-state index in [0.29, 0.717) is 23.5 Å². The van der Waals surface area contributed by atoms with E-state index in [-0.39, 0.29) is 23.6 Å². The second kappa shape index (κ2) is 6.66. The number of nitrogens with zero attached hydrogens (tertiary/aromatic N) is 4. The highest BCUT2D eigenvalue weighted by atomic mass is 32.2. The van der Waals surface area contributed by atoms with Gasteiger partial charge in [0.05, 0.1) is 28.7 Å². The number of pyridine rings is 2. The molecule has 0 bridgehead atoms. The topological polar surface area (TPSA) is 88.1 Å². The highest BCUT2D eigenvalue weighted by Crippen LogP contribution is 2.34. The van der Waals surface area contributed by atoms with E-state index in [4.69, 9.17) is 5.26 Å². The van der Waals surface area contributed by atoms with Crippen molar-refractivity contribution in [3.8, 4) is 17.5 Å². The lowest BCUT2D eigenvalue weighted by Gasteiger charge is -2.11. The molecular weight excluding hydrogens is 381 g/mol. The van der Waals surface area contributed by atoms with Crippen molar-refractivity contribution in [2.24, 2.45) is 0 Å². The number of halogens is 3. The third-order valence-corrected chi connectivity index (χ3v) is 5.69. The number of alkyl halides is 3. The summed E-state index contributed by atoms with van der Waals surface area (Å²) in [7, 11) is -3.97. The zero-order chi connectivity index (χ0) is 19.8. The van der Waals surface area contributed by atoms with Gasteiger partial charge in [-0.3, -0.25) is 4.98 Å². The van der Waals surface area contributed by atoms with Crippen molar-refractivity contribution in [1.29, 1.82) is 5.26 Å². The summed E-state index contributed by atoms with van der Waals surface area (Å²) >= 11 is 0. The van der Waals surface area contributed by atoms with E-state index >= 15 is 0 Å². The van der Waals surface area contributed by atoms with Crippen LogP contribution in [0.2, 0.25) is 0 Å². The van der Waals surface area contributed by atoms with Crippen LogP contribution in [0.25, 0.3) is 17.0 Å². The number of sulfone groups is 1. The molecule has 0 saturated carbocycles. The fraction of sp³-hybridized carbons (Fsp3) is 0.235. The van der Waals surface area contributed by atoms with Crippen molar-refractivity contribution in [2.45, 2.75) is 24.4 Å². The first-order valence-corrected chi connectivity index (χ1v) is 9.46. The molecule has 0 aliphatic rings. The standard InChI is InChI=1S/C17H13F3N4O2S/c1-2-27(25,26)14-8-12(17(18,19)20)9-22-16(14)13-10-24-6-4-11(3-5-21)7-15(24)23-13/h4,6-10H,2-3H2,1H3. The summed E-state index contributed by atoms with van der Waals surface area (Å²) in [6, 6.07) is 5.94. The number of aromatic nitrogens is 3. The lowest BCUT2D eigenvalue weighted by atomic mass is 10.2. The van der Waals surface area contributed by atoms with E-state index in [0.717, 1.165) is 0 Å². The molecule has 10 heteroatoms. The van der Waals surface area contributed by atoms with Gasteiger partial charge in [0.2, 0.25) is 0 Å².